The van der Waals surface area contributed by atoms with Gasteiger partial charge in [-0.05, 0) is 43.9 Å². The summed E-state index contributed by atoms with van der Waals surface area (Å²) in [5.74, 6) is 0.617. The van der Waals surface area contributed by atoms with Gasteiger partial charge in [-0.3, -0.25) is 4.79 Å². The van der Waals surface area contributed by atoms with E-state index < -0.39 is 0 Å². The van der Waals surface area contributed by atoms with E-state index in [1.54, 1.807) is 23.1 Å². The molecule has 1 atom stereocenters. The van der Waals surface area contributed by atoms with Gasteiger partial charge in [-0.15, -0.1) is 0 Å². The van der Waals surface area contributed by atoms with Gasteiger partial charge in [-0.2, -0.15) is 0 Å². The molecule has 1 unspecified atom stereocenters. The Morgan fingerprint density at radius 1 is 1.53 bits per heavy atom. The first-order valence-electron chi connectivity index (χ1n) is 5.83. The van der Waals surface area contributed by atoms with Crippen molar-refractivity contribution < 1.29 is 4.79 Å². The predicted molar refractivity (Wildman–Crippen MR) is 70.1 cm³/mol. The molecule has 1 saturated carbocycles. The van der Waals surface area contributed by atoms with E-state index in [9.17, 15) is 4.79 Å². The number of hydrogen-bond donors (Lipinski definition) is 1. The maximum atomic E-state index is 12.3. The highest BCUT2D eigenvalue weighted by Crippen LogP contribution is 2.35. The van der Waals surface area contributed by atoms with Gasteiger partial charge in [0.2, 0.25) is 0 Å². The molecule has 1 aliphatic carbocycles. The molecule has 1 aromatic rings. The minimum atomic E-state index is -0.0330. The SMILES string of the molecule is CC(C1CC1)N(C)C(=O)c1ccc(N)cc1Cl. The highest BCUT2D eigenvalue weighted by Gasteiger charge is 2.33. The van der Waals surface area contributed by atoms with Crippen LogP contribution in [0.4, 0.5) is 5.69 Å². The van der Waals surface area contributed by atoms with E-state index in [0.717, 1.165) is 0 Å². The van der Waals surface area contributed by atoms with Crippen molar-refractivity contribution in [1.82, 2.24) is 4.90 Å². The van der Waals surface area contributed by atoms with Gasteiger partial charge in [-0.1, -0.05) is 11.6 Å². The third kappa shape index (κ3) is 2.55. The first-order chi connectivity index (χ1) is 8.00. The second-order valence-corrected chi connectivity index (χ2v) is 5.14. The van der Waals surface area contributed by atoms with E-state index in [1.807, 2.05) is 7.05 Å². The molecular weight excluding hydrogens is 236 g/mol. The van der Waals surface area contributed by atoms with Crippen LogP contribution < -0.4 is 5.73 Å². The molecule has 0 saturated heterocycles. The Hall–Kier alpha value is -1.22. The van der Waals surface area contributed by atoms with Crippen molar-refractivity contribution in [3.8, 4) is 0 Å². The number of carbonyl (C=O) groups is 1. The Labute approximate surface area is 107 Å². The Morgan fingerprint density at radius 2 is 2.18 bits per heavy atom. The smallest absolute Gasteiger partial charge is 0.255 e. The summed E-state index contributed by atoms with van der Waals surface area (Å²) < 4.78 is 0. The summed E-state index contributed by atoms with van der Waals surface area (Å²) in [5.41, 5.74) is 6.71. The Balaban J connectivity index is 2.18. The standard InChI is InChI=1S/C13H17ClN2O/c1-8(9-3-4-9)16(2)13(17)11-6-5-10(15)7-12(11)14/h5-9H,3-4,15H2,1-2H3. The fraction of sp³-hybridized carbons (Fsp3) is 0.462. The summed E-state index contributed by atoms with van der Waals surface area (Å²) >= 11 is 6.04. The van der Waals surface area contributed by atoms with Gasteiger partial charge < -0.3 is 10.6 Å². The van der Waals surface area contributed by atoms with Gasteiger partial charge >= 0.3 is 0 Å². The summed E-state index contributed by atoms with van der Waals surface area (Å²) in [6.07, 6.45) is 2.43. The maximum absolute atomic E-state index is 12.3. The zero-order valence-corrected chi connectivity index (χ0v) is 10.9. The number of nitrogens with zero attached hydrogens (tertiary/aromatic N) is 1. The quantitative estimate of drug-likeness (QED) is 0.841. The zero-order valence-electron chi connectivity index (χ0n) is 10.1. The highest BCUT2D eigenvalue weighted by molar-refractivity contribution is 6.34. The van der Waals surface area contributed by atoms with Crippen LogP contribution in [0.3, 0.4) is 0 Å². The van der Waals surface area contributed by atoms with Crippen LogP contribution in [0.1, 0.15) is 30.1 Å². The lowest BCUT2D eigenvalue weighted by molar-refractivity contribution is 0.0727. The van der Waals surface area contributed by atoms with E-state index in [-0.39, 0.29) is 11.9 Å². The third-order valence-corrected chi connectivity index (χ3v) is 3.77. The molecule has 17 heavy (non-hydrogen) atoms. The molecule has 0 spiro atoms. The number of anilines is 1. The lowest BCUT2D eigenvalue weighted by Gasteiger charge is -2.25. The van der Waals surface area contributed by atoms with Gasteiger partial charge in [0, 0.05) is 18.8 Å². The van der Waals surface area contributed by atoms with Gasteiger partial charge in [0.25, 0.3) is 5.91 Å². The predicted octanol–water partition coefficient (Wildman–Crippen LogP) is 2.79. The Bertz CT molecular complexity index is 443. The lowest BCUT2D eigenvalue weighted by Crippen LogP contribution is -2.36. The zero-order chi connectivity index (χ0) is 12.6. The van der Waals surface area contributed by atoms with Crippen LogP contribution in [-0.4, -0.2) is 23.9 Å². The second-order valence-electron chi connectivity index (χ2n) is 4.73. The van der Waals surface area contributed by atoms with Crippen molar-refractivity contribution in [3.05, 3.63) is 28.8 Å². The van der Waals surface area contributed by atoms with Crippen molar-refractivity contribution in [1.29, 1.82) is 0 Å². The van der Waals surface area contributed by atoms with Crippen LogP contribution in [0.15, 0.2) is 18.2 Å². The number of rotatable bonds is 3. The molecule has 3 nitrogen and oxygen atoms in total. The Morgan fingerprint density at radius 3 is 2.71 bits per heavy atom. The third-order valence-electron chi connectivity index (χ3n) is 3.46. The molecule has 0 aliphatic heterocycles. The molecule has 92 valence electrons. The van der Waals surface area contributed by atoms with E-state index in [2.05, 4.69) is 6.92 Å². The Kier molecular flexibility index (Phi) is 3.29. The fourth-order valence-electron chi connectivity index (χ4n) is 1.97. The molecule has 2 N–H and O–H groups in total. The largest absolute Gasteiger partial charge is 0.399 e. The summed E-state index contributed by atoms with van der Waals surface area (Å²) in [5, 5.41) is 0.421. The van der Waals surface area contributed by atoms with E-state index in [4.69, 9.17) is 17.3 Å². The number of carbonyl (C=O) groups excluding carboxylic acids is 1. The molecule has 1 aromatic carbocycles. The van der Waals surface area contributed by atoms with E-state index >= 15 is 0 Å². The van der Waals surface area contributed by atoms with E-state index in [0.29, 0.717) is 22.2 Å². The van der Waals surface area contributed by atoms with Crippen molar-refractivity contribution in [2.45, 2.75) is 25.8 Å². The number of nitrogen functional groups attached to an aromatic ring is 1. The number of hydrogen-bond acceptors (Lipinski definition) is 2. The average molecular weight is 253 g/mol. The molecule has 2 rings (SSSR count). The van der Waals surface area contributed by atoms with Gasteiger partial charge in [0.1, 0.15) is 0 Å². The van der Waals surface area contributed by atoms with Crippen LogP contribution in [0, 0.1) is 5.92 Å². The fourth-order valence-corrected chi connectivity index (χ4v) is 2.24. The van der Waals surface area contributed by atoms with Crippen LogP contribution in [0.5, 0.6) is 0 Å². The normalized spacial score (nSPS) is 16.6. The highest BCUT2D eigenvalue weighted by atomic mass is 35.5. The first-order valence-corrected chi connectivity index (χ1v) is 6.20. The molecule has 0 bridgehead atoms. The van der Waals surface area contributed by atoms with Crippen LogP contribution >= 0.6 is 11.6 Å². The first kappa shape index (κ1) is 12.2. The average Bonchev–Trinajstić information content (AvgIpc) is 3.10. The van der Waals surface area contributed by atoms with Crippen LogP contribution in [0.2, 0.25) is 5.02 Å². The van der Waals surface area contributed by atoms with Crippen molar-refractivity contribution >= 4 is 23.2 Å². The number of benzene rings is 1. The van der Waals surface area contributed by atoms with Crippen molar-refractivity contribution in [3.63, 3.8) is 0 Å². The molecule has 0 radical (unpaired) electrons. The molecule has 0 aromatic heterocycles. The van der Waals surface area contributed by atoms with Crippen LogP contribution in [0.25, 0.3) is 0 Å². The summed E-state index contributed by atoms with van der Waals surface area (Å²) in [6, 6.07) is 5.28. The molecule has 0 heterocycles. The monoisotopic (exact) mass is 252 g/mol. The molecule has 1 fully saturated rings. The number of halogens is 1. The second kappa shape index (κ2) is 4.57. The van der Waals surface area contributed by atoms with Crippen LogP contribution in [-0.2, 0) is 0 Å². The minimum absolute atomic E-state index is 0.0330. The topological polar surface area (TPSA) is 46.3 Å². The number of amides is 1. The summed E-state index contributed by atoms with van der Waals surface area (Å²) in [4.78, 5) is 14.0. The van der Waals surface area contributed by atoms with Crippen molar-refractivity contribution in [2.24, 2.45) is 5.92 Å². The molecule has 1 amide bonds. The maximum Gasteiger partial charge on any atom is 0.255 e. The molecule has 4 heteroatoms. The van der Waals surface area contributed by atoms with Gasteiger partial charge in [0.05, 0.1) is 10.6 Å². The lowest BCUT2D eigenvalue weighted by atomic mass is 10.1. The summed E-state index contributed by atoms with van der Waals surface area (Å²) in [7, 11) is 1.83. The van der Waals surface area contributed by atoms with Gasteiger partial charge in [-0.25, -0.2) is 0 Å². The van der Waals surface area contributed by atoms with Gasteiger partial charge in [0.15, 0.2) is 0 Å². The minimum Gasteiger partial charge on any atom is -0.399 e. The molecule has 1 aliphatic rings. The number of nitrogens with two attached hydrogens (primary N) is 1. The van der Waals surface area contributed by atoms with Crippen molar-refractivity contribution in [2.75, 3.05) is 12.8 Å². The van der Waals surface area contributed by atoms with E-state index in [1.165, 1.54) is 12.8 Å². The molecular formula is C13H17ClN2O. The summed E-state index contributed by atoms with van der Waals surface area (Å²) in [6.45, 7) is 2.08.